The Hall–Kier alpha value is -1.06. The first-order valence-electron chi connectivity index (χ1n) is 4.22. The quantitative estimate of drug-likeness (QED) is 0.566. The van der Waals surface area contributed by atoms with E-state index in [1.54, 1.807) is 0 Å². The lowest BCUT2D eigenvalue weighted by molar-refractivity contribution is -0.123. The molecule has 0 aliphatic heterocycles. The van der Waals surface area contributed by atoms with E-state index in [0.717, 1.165) is 12.8 Å². The monoisotopic (exact) mass is 170 g/mol. The van der Waals surface area contributed by atoms with Crippen molar-refractivity contribution in [1.82, 2.24) is 10.6 Å². The van der Waals surface area contributed by atoms with E-state index in [-0.39, 0.29) is 17.7 Å². The zero-order chi connectivity index (χ0) is 8.97. The van der Waals surface area contributed by atoms with E-state index in [9.17, 15) is 9.59 Å². The van der Waals surface area contributed by atoms with Crippen molar-refractivity contribution in [2.24, 2.45) is 5.92 Å². The van der Waals surface area contributed by atoms with Crippen LogP contribution >= 0.6 is 0 Å². The van der Waals surface area contributed by atoms with Gasteiger partial charge >= 0.3 is 0 Å². The number of carbonyl (C=O) groups excluding carboxylic acids is 2. The van der Waals surface area contributed by atoms with Gasteiger partial charge in [0.25, 0.3) is 0 Å². The van der Waals surface area contributed by atoms with Gasteiger partial charge in [-0.05, 0) is 12.8 Å². The molecule has 0 spiro atoms. The Morgan fingerprint density at radius 1 is 1.25 bits per heavy atom. The van der Waals surface area contributed by atoms with E-state index in [1.165, 1.54) is 6.92 Å². The average molecular weight is 170 g/mol. The highest BCUT2D eigenvalue weighted by Crippen LogP contribution is 2.28. The third kappa shape index (κ3) is 3.37. The summed E-state index contributed by atoms with van der Waals surface area (Å²) in [7, 11) is 0. The minimum absolute atomic E-state index is 0.0596. The molecule has 4 nitrogen and oxygen atoms in total. The summed E-state index contributed by atoms with van der Waals surface area (Å²) in [5.41, 5.74) is 0. The second-order valence-electron chi connectivity index (χ2n) is 3.05. The van der Waals surface area contributed by atoms with Gasteiger partial charge in [0.2, 0.25) is 11.8 Å². The summed E-state index contributed by atoms with van der Waals surface area (Å²) < 4.78 is 0. The van der Waals surface area contributed by atoms with Gasteiger partial charge in [0.1, 0.15) is 0 Å². The summed E-state index contributed by atoms with van der Waals surface area (Å²) in [6.07, 6.45) is 2.04. The lowest BCUT2D eigenvalue weighted by atomic mass is 10.4. The van der Waals surface area contributed by atoms with Gasteiger partial charge in [-0.25, -0.2) is 0 Å². The van der Waals surface area contributed by atoms with Crippen molar-refractivity contribution < 1.29 is 9.59 Å². The van der Waals surface area contributed by atoms with Crippen LogP contribution < -0.4 is 10.6 Å². The standard InChI is InChI=1S/C8H14N2O2/c1-6(11)9-4-5-10-8(12)7-2-3-7/h7H,2-5H2,1H3,(H,9,11)(H,10,12). The molecule has 12 heavy (non-hydrogen) atoms. The highest BCUT2D eigenvalue weighted by atomic mass is 16.2. The first kappa shape index (κ1) is 9.03. The smallest absolute Gasteiger partial charge is 0.223 e. The highest BCUT2D eigenvalue weighted by Gasteiger charge is 2.28. The second-order valence-corrected chi connectivity index (χ2v) is 3.05. The normalized spacial score (nSPS) is 15.4. The molecule has 1 fully saturated rings. The third-order valence-corrected chi connectivity index (χ3v) is 1.75. The summed E-state index contributed by atoms with van der Waals surface area (Å²) in [4.78, 5) is 21.4. The van der Waals surface area contributed by atoms with Crippen molar-refractivity contribution in [3.05, 3.63) is 0 Å². The number of amides is 2. The molecule has 0 saturated heterocycles. The fourth-order valence-corrected chi connectivity index (χ4v) is 0.914. The first-order chi connectivity index (χ1) is 5.70. The van der Waals surface area contributed by atoms with E-state index in [4.69, 9.17) is 0 Å². The van der Waals surface area contributed by atoms with E-state index in [2.05, 4.69) is 10.6 Å². The molecule has 0 atom stereocenters. The average Bonchev–Trinajstić information content (AvgIpc) is 2.79. The zero-order valence-corrected chi connectivity index (χ0v) is 7.22. The molecular formula is C8H14N2O2. The Morgan fingerprint density at radius 2 is 1.83 bits per heavy atom. The van der Waals surface area contributed by atoms with Crippen molar-refractivity contribution in [2.75, 3.05) is 13.1 Å². The van der Waals surface area contributed by atoms with Gasteiger partial charge in [0.15, 0.2) is 0 Å². The van der Waals surface area contributed by atoms with Gasteiger partial charge in [-0.2, -0.15) is 0 Å². The fourth-order valence-electron chi connectivity index (χ4n) is 0.914. The maximum absolute atomic E-state index is 11.0. The van der Waals surface area contributed by atoms with Crippen LogP contribution in [0, 0.1) is 5.92 Å². The Kier molecular flexibility index (Phi) is 3.08. The number of carbonyl (C=O) groups is 2. The van der Waals surface area contributed by atoms with Crippen molar-refractivity contribution >= 4 is 11.8 Å². The van der Waals surface area contributed by atoms with Gasteiger partial charge in [-0.15, -0.1) is 0 Å². The van der Waals surface area contributed by atoms with Crippen LogP contribution in [-0.2, 0) is 9.59 Å². The largest absolute Gasteiger partial charge is 0.355 e. The van der Waals surface area contributed by atoms with Gasteiger partial charge in [-0.3, -0.25) is 9.59 Å². The fraction of sp³-hybridized carbons (Fsp3) is 0.750. The van der Waals surface area contributed by atoms with Crippen molar-refractivity contribution in [2.45, 2.75) is 19.8 Å². The highest BCUT2D eigenvalue weighted by molar-refractivity contribution is 5.80. The molecule has 0 heterocycles. The molecule has 0 aromatic rings. The number of rotatable bonds is 4. The molecule has 2 N–H and O–H groups in total. The topological polar surface area (TPSA) is 58.2 Å². The zero-order valence-electron chi connectivity index (χ0n) is 7.22. The van der Waals surface area contributed by atoms with Crippen molar-refractivity contribution in [3.8, 4) is 0 Å². The lowest BCUT2D eigenvalue weighted by Crippen LogP contribution is -2.34. The van der Waals surface area contributed by atoms with Crippen LogP contribution in [0.25, 0.3) is 0 Å². The summed E-state index contributed by atoms with van der Waals surface area (Å²) in [6.45, 7) is 2.52. The van der Waals surface area contributed by atoms with Crippen molar-refractivity contribution in [1.29, 1.82) is 0 Å². The van der Waals surface area contributed by atoms with Crippen LogP contribution in [0.1, 0.15) is 19.8 Å². The molecule has 0 aromatic carbocycles. The molecule has 68 valence electrons. The minimum atomic E-state index is -0.0596. The molecule has 0 aromatic heterocycles. The van der Waals surface area contributed by atoms with E-state index < -0.39 is 0 Å². The molecule has 2 amide bonds. The van der Waals surface area contributed by atoms with Crippen LogP contribution in [0.2, 0.25) is 0 Å². The molecule has 0 unspecified atom stereocenters. The molecule has 1 saturated carbocycles. The molecule has 1 aliphatic rings. The predicted molar refractivity (Wildman–Crippen MR) is 44.4 cm³/mol. The SMILES string of the molecule is CC(=O)NCCNC(=O)C1CC1. The van der Waals surface area contributed by atoms with E-state index in [1.807, 2.05) is 0 Å². The molecule has 0 radical (unpaired) electrons. The van der Waals surface area contributed by atoms with Gasteiger partial charge in [0, 0.05) is 25.9 Å². The van der Waals surface area contributed by atoms with Gasteiger partial charge < -0.3 is 10.6 Å². The molecule has 4 heteroatoms. The van der Waals surface area contributed by atoms with Gasteiger partial charge in [0.05, 0.1) is 0 Å². The van der Waals surface area contributed by atoms with E-state index in [0.29, 0.717) is 13.1 Å². The summed E-state index contributed by atoms with van der Waals surface area (Å²) >= 11 is 0. The molecule has 1 aliphatic carbocycles. The van der Waals surface area contributed by atoms with E-state index >= 15 is 0 Å². The predicted octanol–water partition coefficient (Wildman–Crippen LogP) is -0.351. The van der Waals surface area contributed by atoms with Crippen LogP contribution in [-0.4, -0.2) is 24.9 Å². The summed E-state index contributed by atoms with van der Waals surface area (Å²) in [6, 6.07) is 0. The molecular weight excluding hydrogens is 156 g/mol. The number of hydrogen-bond donors (Lipinski definition) is 2. The lowest BCUT2D eigenvalue weighted by Gasteiger charge is -2.03. The Morgan fingerprint density at radius 3 is 2.33 bits per heavy atom. The third-order valence-electron chi connectivity index (χ3n) is 1.75. The first-order valence-corrected chi connectivity index (χ1v) is 4.22. The van der Waals surface area contributed by atoms with Crippen LogP contribution in [0.3, 0.4) is 0 Å². The maximum atomic E-state index is 11.0. The Balaban J connectivity index is 1.94. The van der Waals surface area contributed by atoms with Crippen LogP contribution in [0.15, 0.2) is 0 Å². The van der Waals surface area contributed by atoms with Crippen molar-refractivity contribution in [3.63, 3.8) is 0 Å². The number of hydrogen-bond acceptors (Lipinski definition) is 2. The minimum Gasteiger partial charge on any atom is -0.355 e. The maximum Gasteiger partial charge on any atom is 0.223 e. The van der Waals surface area contributed by atoms with Crippen LogP contribution in [0.5, 0.6) is 0 Å². The number of nitrogens with one attached hydrogen (secondary N) is 2. The second kappa shape index (κ2) is 4.09. The summed E-state index contributed by atoms with van der Waals surface area (Å²) in [5, 5.41) is 5.35. The Bertz CT molecular complexity index is 187. The van der Waals surface area contributed by atoms with Gasteiger partial charge in [-0.1, -0.05) is 0 Å². The van der Waals surface area contributed by atoms with Crippen LogP contribution in [0.4, 0.5) is 0 Å². The summed E-state index contributed by atoms with van der Waals surface area (Å²) in [5.74, 6) is 0.318. The Labute approximate surface area is 71.7 Å². The molecule has 0 bridgehead atoms. The molecule has 1 rings (SSSR count).